The van der Waals surface area contributed by atoms with Crippen molar-refractivity contribution in [1.82, 2.24) is 30.5 Å². The lowest BCUT2D eigenvalue weighted by molar-refractivity contribution is -0.0357. The number of carbonyl (C=O) groups excluding carboxylic acids is 1. The van der Waals surface area contributed by atoms with Gasteiger partial charge in [0.25, 0.3) is 0 Å². The molecule has 5 rings (SSSR count). The predicted octanol–water partition coefficient (Wildman–Crippen LogP) is 5.74. The topological polar surface area (TPSA) is 146 Å². The Labute approximate surface area is 226 Å². The number of hydrogen-bond donors (Lipinski definition) is 3. The van der Waals surface area contributed by atoms with Gasteiger partial charge in [-0.3, -0.25) is 4.90 Å². The summed E-state index contributed by atoms with van der Waals surface area (Å²) >= 11 is 3.76. The number of aromatic amines is 2. The van der Waals surface area contributed by atoms with Crippen molar-refractivity contribution in [3.05, 3.63) is 52.5 Å². The minimum atomic E-state index is -1.33. The average Bonchev–Trinajstić information content (AvgIpc) is 3.65. The van der Waals surface area contributed by atoms with Crippen LogP contribution in [-0.4, -0.2) is 66.6 Å². The van der Waals surface area contributed by atoms with Crippen LogP contribution in [0, 0.1) is 0 Å². The van der Waals surface area contributed by atoms with Gasteiger partial charge >= 0.3 is 12.2 Å². The third kappa shape index (κ3) is 5.21. The average molecular weight is 583 g/mol. The maximum absolute atomic E-state index is 12.9. The molecule has 11 nitrogen and oxygen atoms in total. The first-order valence-electron chi connectivity index (χ1n) is 12.4. The van der Waals surface area contributed by atoms with E-state index in [0.717, 1.165) is 50.6 Å². The molecule has 1 amide bonds. The van der Waals surface area contributed by atoms with Gasteiger partial charge in [-0.05, 0) is 71.4 Å². The number of aromatic nitrogens is 5. The van der Waals surface area contributed by atoms with Crippen LogP contribution in [0.4, 0.5) is 9.59 Å². The van der Waals surface area contributed by atoms with Crippen molar-refractivity contribution >= 4 is 39.1 Å². The number of tetrazole rings is 1. The molecule has 0 atom stereocenters. The first-order chi connectivity index (χ1) is 18.4. The van der Waals surface area contributed by atoms with E-state index < -0.39 is 17.8 Å². The van der Waals surface area contributed by atoms with Crippen molar-refractivity contribution in [2.24, 2.45) is 0 Å². The van der Waals surface area contributed by atoms with Crippen LogP contribution in [0.15, 0.2) is 46.9 Å². The molecule has 2 aromatic heterocycles. The van der Waals surface area contributed by atoms with Gasteiger partial charge in [0, 0.05) is 28.6 Å². The lowest BCUT2D eigenvalue weighted by Gasteiger charge is -2.33. The Kier molecular flexibility index (Phi) is 7.32. The van der Waals surface area contributed by atoms with Crippen LogP contribution in [0.3, 0.4) is 0 Å². The van der Waals surface area contributed by atoms with Gasteiger partial charge in [-0.25, -0.2) is 9.59 Å². The van der Waals surface area contributed by atoms with E-state index in [2.05, 4.69) is 41.5 Å². The molecule has 1 fully saturated rings. The standard InChI is InChI=1S/C26H27BrN6O5/c1-2-37-24(34)33(15-26(38-25(35)36)11-5-6-12-26)14-16-9-10-20-19(13-16)21(27)22(28-20)17-7-3-4-8-18(17)23-29-31-32-30-23/h3-4,7-10,13,28H,2,5-6,11-12,14-15H2,1H3,(H,35,36)(H,29,30,31,32). The molecule has 0 unspecified atom stereocenters. The lowest BCUT2D eigenvalue weighted by atomic mass is 10.0. The number of fused-ring (bicyclic) bond motifs is 1. The molecule has 0 radical (unpaired) electrons. The summed E-state index contributed by atoms with van der Waals surface area (Å²) in [7, 11) is 0. The van der Waals surface area contributed by atoms with E-state index in [9.17, 15) is 14.7 Å². The van der Waals surface area contributed by atoms with Crippen LogP contribution >= 0.6 is 15.9 Å². The molecule has 12 heteroatoms. The van der Waals surface area contributed by atoms with E-state index in [4.69, 9.17) is 9.47 Å². The minimum absolute atomic E-state index is 0.133. The maximum Gasteiger partial charge on any atom is 0.506 e. The van der Waals surface area contributed by atoms with Gasteiger partial charge < -0.3 is 19.6 Å². The zero-order chi connectivity index (χ0) is 26.7. The van der Waals surface area contributed by atoms with Crippen LogP contribution in [0.25, 0.3) is 33.5 Å². The summed E-state index contributed by atoms with van der Waals surface area (Å²) in [6.45, 7) is 2.33. The van der Waals surface area contributed by atoms with E-state index in [0.29, 0.717) is 18.7 Å². The second kappa shape index (κ2) is 10.8. The third-order valence-corrected chi connectivity index (χ3v) is 7.60. The normalized spacial score (nSPS) is 14.5. The molecule has 198 valence electrons. The van der Waals surface area contributed by atoms with Crippen LogP contribution in [0.5, 0.6) is 0 Å². The molecular weight excluding hydrogens is 556 g/mol. The van der Waals surface area contributed by atoms with Crippen molar-refractivity contribution in [1.29, 1.82) is 0 Å². The Morgan fingerprint density at radius 2 is 1.92 bits per heavy atom. The van der Waals surface area contributed by atoms with Crippen molar-refractivity contribution in [2.45, 2.75) is 44.8 Å². The van der Waals surface area contributed by atoms with E-state index >= 15 is 0 Å². The van der Waals surface area contributed by atoms with Gasteiger partial charge in [0.05, 0.1) is 23.3 Å². The number of carbonyl (C=O) groups is 2. The molecule has 4 aromatic rings. The van der Waals surface area contributed by atoms with Crippen LogP contribution in [0.1, 0.15) is 38.2 Å². The summed E-state index contributed by atoms with van der Waals surface area (Å²) in [5, 5.41) is 24.7. The number of nitrogens with zero attached hydrogens (tertiary/aromatic N) is 4. The van der Waals surface area contributed by atoms with Crippen LogP contribution in [-0.2, 0) is 16.0 Å². The van der Waals surface area contributed by atoms with E-state index in [1.54, 1.807) is 6.92 Å². The second-order valence-electron chi connectivity index (χ2n) is 9.29. The number of hydrogen-bond acceptors (Lipinski definition) is 7. The number of amides is 1. The Morgan fingerprint density at radius 1 is 1.16 bits per heavy atom. The van der Waals surface area contributed by atoms with E-state index in [1.165, 1.54) is 4.90 Å². The van der Waals surface area contributed by atoms with Crippen molar-refractivity contribution in [3.63, 3.8) is 0 Å². The van der Waals surface area contributed by atoms with Gasteiger partial charge in [0.1, 0.15) is 5.60 Å². The number of halogens is 1. The largest absolute Gasteiger partial charge is 0.506 e. The Bertz CT molecular complexity index is 1450. The quantitative estimate of drug-likeness (QED) is 0.223. The molecule has 0 spiro atoms. The fourth-order valence-electron chi connectivity index (χ4n) is 5.13. The lowest BCUT2D eigenvalue weighted by Crippen LogP contribution is -2.46. The first-order valence-corrected chi connectivity index (χ1v) is 13.2. The first kappa shape index (κ1) is 25.7. The molecule has 1 aliphatic rings. The molecule has 3 N–H and O–H groups in total. The van der Waals surface area contributed by atoms with Gasteiger partial charge in [-0.2, -0.15) is 5.21 Å². The Morgan fingerprint density at radius 3 is 2.61 bits per heavy atom. The Hall–Kier alpha value is -3.93. The highest BCUT2D eigenvalue weighted by Gasteiger charge is 2.41. The second-order valence-corrected chi connectivity index (χ2v) is 10.1. The number of nitrogens with one attached hydrogen (secondary N) is 2. The van der Waals surface area contributed by atoms with Gasteiger partial charge in [0.2, 0.25) is 5.82 Å². The van der Waals surface area contributed by atoms with Crippen LogP contribution in [0.2, 0.25) is 0 Å². The monoisotopic (exact) mass is 582 g/mol. The van der Waals surface area contributed by atoms with Crippen molar-refractivity contribution in [2.75, 3.05) is 13.2 Å². The summed E-state index contributed by atoms with van der Waals surface area (Å²) in [5.74, 6) is 0.487. The molecule has 0 aliphatic heterocycles. The molecule has 2 aromatic carbocycles. The fraction of sp³-hybridized carbons (Fsp3) is 0.346. The number of H-pyrrole nitrogens is 2. The zero-order valence-electron chi connectivity index (χ0n) is 20.7. The smallest absolute Gasteiger partial charge is 0.450 e. The SMILES string of the molecule is CCOC(=O)N(Cc1ccc2[nH]c(-c3ccccc3-c3nn[nH]n3)c(Br)c2c1)CC1(OC(=O)O)CCCC1. The Balaban J connectivity index is 1.47. The van der Waals surface area contributed by atoms with Crippen molar-refractivity contribution < 1.29 is 24.2 Å². The van der Waals surface area contributed by atoms with E-state index in [-0.39, 0.29) is 19.7 Å². The predicted molar refractivity (Wildman–Crippen MR) is 142 cm³/mol. The third-order valence-electron chi connectivity index (χ3n) is 6.78. The van der Waals surface area contributed by atoms with Gasteiger partial charge in [0.15, 0.2) is 0 Å². The molecule has 0 bridgehead atoms. The number of benzene rings is 2. The highest BCUT2D eigenvalue weighted by Crippen LogP contribution is 2.39. The maximum atomic E-state index is 12.9. The summed E-state index contributed by atoms with van der Waals surface area (Å²) in [4.78, 5) is 29.3. The van der Waals surface area contributed by atoms with Crippen LogP contribution < -0.4 is 0 Å². The fourth-order valence-corrected chi connectivity index (χ4v) is 5.77. The summed E-state index contributed by atoms with van der Waals surface area (Å²) in [5.41, 5.74) is 3.43. The van der Waals surface area contributed by atoms with E-state index in [1.807, 2.05) is 42.5 Å². The number of ether oxygens (including phenoxy) is 2. The van der Waals surface area contributed by atoms with Gasteiger partial charge in [-0.1, -0.05) is 30.3 Å². The molecule has 2 heterocycles. The zero-order valence-corrected chi connectivity index (χ0v) is 22.3. The summed E-state index contributed by atoms with van der Waals surface area (Å²) in [6.07, 6.45) is 1.00. The highest BCUT2D eigenvalue weighted by molar-refractivity contribution is 9.10. The number of rotatable bonds is 8. The van der Waals surface area contributed by atoms with Gasteiger partial charge in [-0.15, -0.1) is 10.2 Å². The van der Waals surface area contributed by atoms with Crippen molar-refractivity contribution in [3.8, 4) is 22.6 Å². The molecule has 1 saturated carbocycles. The molecule has 38 heavy (non-hydrogen) atoms. The highest BCUT2D eigenvalue weighted by atomic mass is 79.9. The molecular formula is C26H27BrN6O5. The molecule has 1 aliphatic carbocycles. The summed E-state index contributed by atoms with van der Waals surface area (Å²) in [6, 6.07) is 13.7. The number of carboxylic acid groups (broad SMARTS) is 1. The minimum Gasteiger partial charge on any atom is -0.450 e. The summed E-state index contributed by atoms with van der Waals surface area (Å²) < 4.78 is 11.5. The molecule has 0 saturated heterocycles.